The Morgan fingerprint density at radius 3 is 2.75 bits per heavy atom. The van der Waals surface area contributed by atoms with Gasteiger partial charge in [-0.1, -0.05) is 0 Å². The van der Waals surface area contributed by atoms with Gasteiger partial charge in [-0.2, -0.15) is 5.26 Å². The molecule has 0 bridgehead atoms. The molecule has 16 heavy (non-hydrogen) atoms. The highest BCUT2D eigenvalue weighted by Crippen LogP contribution is 2.15. The van der Waals surface area contributed by atoms with E-state index in [1.165, 1.54) is 0 Å². The number of nitrogens with two attached hydrogens (primary N) is 1. The highest BCUT2D eigenvalue weighted by Gasteiger charge is 2.05. The molecule has 1 aromatic heterocycles. The van der Waals surface area contributed by atoms with Gasteiger partial charge in [-0.25, -0.2) is 0 Å². The van der Waals surface area contributed by atoms with Gasteiger partial charge in [-0.15, -0.1) is 0 Å². The molecule has 0 aliphatic heterocycles. The number of hydrogen-bond acceptors (Lipinski definition) is 4. The first-order valence-corrected chi connectivity index (χ1v) is 5.52. The van der Waals surface area contributed by atoms with Gasteiger partial charge in [0.15, 0.2) is 0 Å². The molecular formula is C12H18N4. The first kappa shape index (κ1) is 12.5. The van der Waals surface area contributed by atoms with Crippen LogP contribution in [0.15, 0.2) is 18.3 Å². The van der Waals surface area contributed by atoms with Crippen LogP contribution in [0.25, 0.3) is 0 Å². The Kier molecular flexibility index (Phi) is 4.74. The van der Waals surface area contributed by atoms with Crippen molar-refractivity contribution in [3.8, 4) is 6.07 Å². The molecule has 0 radical (unpaired) electrons. The Morgan fingerprint density at radius 1 is 1.56 bits per heavy atom. The van der Waals surface area contributed by atoms with Crippen molar-refractivity contribution in [3.05, 3.63) is 24.0 Å². The van der Waals surface area contributed by atoms with Crippen molar-refractivity contribution in [2.45, 2.75) is 26.3 Å². The minimum Gasteiger partial charge on any atom is -0.370 e. The van der Waals surface area contributed by atoms with Crippen LogP contribution in [0.3, 0.4) is 0 Å². The molecule has 2 N–H and O–H groups in total. The molecule has 1 atom stereocenters. The third-order valence-electron chi connectivity index (χ3n) is 2.48. The summed E-state index contributed by atoms with van der Waals surface area (Å²) in [5, 5.41) is 8.57. The van der Waals surface area contributed by atoms with Crippen LogP contribution < -0.4 is 10.6 Å². The molecule has 4 heteroatoms. The molecule has 1 rings (SSSR count). The van der Waals surface area contributed by atoms with Crippen LogP contribution in [0.2, 0.25) is 0 Å². The summed E-state index contributed by atoms with van der Waals surface area (Å²) in [5.74, 6) is 0. The second kappa shape index (κ2) is 6.09. The van der Waals surface area contributed by atoms with E-state index in [1.54, 1.807) is 0 Å². The largest absolute Gasteiger partial charge is 0.370 e. The van der Waals surface area contributed by atoms with E-state index in [0.29, 0.717) is 6.42 Å². The number of rotatable bonds is 5. The normalized spacial score (nSPS) is 11.9. The van der Waals surface area contributed by atoms with E-state index in [-0.39, 0.29) is 6.04 Å². The van der Waals surface area contributed by atoms with Crippen LogP contribution in [-0.4, -0.2) is 18.1 Å². The molecule has 0 amide bonds. The first-order valence-electron chi connectivity index (χ1n) is 5.52. The lowest BCUT2D eigenvalue weighted by molar-refractivity contribution is 0.774. The summed E-state index contributed by atoms with van der Waals surface area (Å²) in [4.78, 5) is 6.43. The number of aromatic nitrogens is 1. The predicted molar refractivity (Wildman–Crippen MR) is 65.0 cm³/mol. The van der Waals surface area contributed by atoms with Crippen molar-refractivity contribution in [1.82, 2.24) is 4.98 Å². The average Bonchev–Trinajstić information content (AvgIpc) is 2.30. The Hall–Kier alpha value is -1.60. The summed E-state index contributed by atoms with van der Waals surface area (Å²) in [7, 11) is 0. The van der Waals surface area contributed by atoms with E-state index in [9.17, 15) is 0 Å². The maximum absolute atomic E-state index is 8.57. The molecule has 0 aliphatic carbocycles. The molecule has 0 aromatic carbocycles. The van der Waals surface area contributed by atoms with E-state index in [1.807, 2.05) is 25.3 Å². The third-order valence-corrected chi connectivity index (χ3v) is 2.48. The second-order valence-electron chi connectivity index (χ2n) is 3.72. The van der Waals surface area contributed by atoms with Crippen LogP contribution in [0.5, 0.6) is 0 Å². The molecule has 0 fully saturated rings. The van der Waals surface area contributed by atoms with Crippen molar-refractivity contribution >= 4 is 5.69 Å². The highest BCUT2D eigenvalue weighted by molar-refractivity contribution is 5.44. The minimum absolute atomic E-state index is 0.0387. The Labute approximate surface area is 96.7 Å². The first-order chi connectivity index (χ1) is 7.69. The lowest BCUT2D eigenvalue weighted by Gasteiger charge is -2.21. The minimum atomic E-state index is -0.0387. The van der Waals surface area contributed by atoms with Crippen molar-refractivity contribution < 1.29 is 0 Å². The topological polar surface area (TPSA) is 65.9 Å². The lowest BCUT2D eigenvalue weighted by Crippen LogP contribution is -2.23. The molecule has 1 aromatic rings. The summed E-state index contributed by atoms with van der Waals surface area (Å²) in [6, 6.07) is 6.06. The number of hydrogen-bond donors (Lipinski definition) is 1. The van der Waals surface area contributed by atoms with E-state index >= 15 is 0 Å². The maximum Gasteiger partial charge on any atom is 0.0640 e. The molecule has 1 heterocycles. The van der Waals surface area contributed by atoms with Gasteiger partial charge in [-0.05, 0) is 26.0 Å². The van der Waals surface area contributed by atoms with Crippen LogP contribution in [0.1, 0.15) is 32.0 Å². The molecule has 86 valence electrons. The van der Waals surface area contributed by atoms with Gasteiger partial charge in [0.1, 0.15) is 0 Å². The molecule has 0 aliphatic rings. The van der Waals surface area contributed by atoms with Gasteiger partial charge in [0.25, 0.3) is 0 Å². The fraction of sp³-hybridized carbons (Fsp3) is 0.500. The smallest absolute Gasteiger partial charge is 0.0640 e. The average molecular weight is 218 g/mol. The number of pyridine rings is 1. The van der Waals surface area contributed by atoms with Crippen LogP contribution >= 0.6 is 0 Å². The van der Waals surface area contributed by atoms with Crippen LogP contribution in [0, 0.1) is 11.3 Å². The van der Waals surface area contributed by atoms with Gasteiger partial charge in [0.2, 0.25) is 0 Å². The fourth-order valence-electron chi connectivity index (χ4n) is 1.51. The second-order valence-corrected chi connectivity index (χ2v) is 3.72. The number of nitriles is 1. The van der Waals surface area contributed by atoms with E-state index < -0.39 is 0 Å². The van der Waals surface area contributed by atoms with Crippen molar-refractivity contribution in [2.75, 3.05) is 18.0 Å². The van der Waals surface area contributed by atoms with Gasteiger partial charge in [0.05, 0.1) is 30.1 Å². The zero-order chi connectivity index (χ0) is 12.0. The van der Waals surface area contributed by atoms with Gasteiger partial charge >= 0.3 is 0 Å². The predicted octanol–water partition coefficient (Wildman–Crippen LogP) is 1.84. The lowest BCUT2D eigenvalue weighted by atomic mass is 10.2. The molecule has 0 saturated heterocycles. The maximum atomic E-state index is 8.57. The van der Waals surface area contributed by atoms with E-state index in [4.69, 9.17) is 11.0 Å². The van der Waals surface area contributed by atoms with E-state index in [0.717, 1.165) is 24.5 Å². The third kappa shape index (κ3) is 3.21. The van der Waals surface area contributed by atoms with Gasteiger partial charge < -0.3 is 10.6 Å². The highest BCUT2D eigenvalue weighted by atomic mass is 15.1. The van der Waals surface area contributed by atoms with E-state index in [2.05, 4.69) is 22.9 Å². The molecule has 0 spiro atoms. The molecule has 0 saturated carbocycles. The zero-order valence-corrected chi connectivity index (χ0v) is 9.85. The molecular weight excluding hydrogens is 200 g/mol. The summed E-state index contributed by atoms with van der Waals surface area (Å²) in [6.45, 7) is 5.60. The summed E-state index contributed by atoms with van der Waals surface area (Å²) < 4.78 is 0. The Bertz CT molecular complexity index is 350. The summed E-state index contributed by atoms with van der Waals surface area (Å²) in [6.07, 6.45) is 2.35. The molecule has 0 unspecified atom stereocenters. The number of nitrogens with zero attached hydrogens (tertiary/aromatic N) is 3. The zero-order valence-electron chi connectivity index (χ0n) is 9.85. The van der Waals surface area contributed by atoms with Crippen molar-refractivity contribution in [2.24, 2.45) is 5.73 Å². The fourth-order valence-corrected chi connectivity index (χ4v) is 1.51. The molecule has 4 nitrogen and oxygen atoms in total. The SMILES string of the molecule is CCN(CCC#N)c1ccc([C@@H](C)N)nc1. The van der Waals surface area contributed by atoms with Crippen LogP contribution in [0.4, 0.5) is 5.69 Å². The number of anilines is 1. The summed E-state index contributed by atoms with van der Waals surface area (Å²) in [5.41, 5.74) is 7.67. The Balaban J connectivity index is 2.75. The monoisotopic (exact) mass is 218 g/mol. The van der Waals surface area contributed by atoms with Crippen LogP contribution in [-0.2, 0) is 0 Å². The van der Waals surface area contributed by atoms with Crippen molar-refractivity contribution in [1.29, 1.82) is 5.26 Å². The standard InChI is InChI=1S/C12H18N4/c1-3-16(8-4-7-13)11-5-6-12(10(2)14)15-9-11/h5-6,9-10H,3-4,8,14H2,1-2H3/t10-/m1/s1. The summed E-state index contributed by atoms with van der Waals surface area (Å²) >= 11 is 0. The van der Waals surface area contributed by atoms with Crippen molar-refractivity contribution in [3.63, 3.8) is 0 Å². The van der Waals surface area contributed by atoms with Gasteiger partial charge in [-0.3, -0.25) is 4.98 Å². The quantitative estimate of drug-likeness (QED) is 0.819. The van der Waals surface area contributed by atoms with Gasteiger partial charge in [0, 0.05) is 19.1 Å². The Morgan fingerprint density at radius 2 is 2.31 bits per heavy atom.